The van der Waals surface area contributed by atoms with E-state index in [1.807, 2.05) is 0 Å². The molecule has 1 heteroatoms. The molecule has 78 valence electrons. The standard InChI is InChI=1S/C12H23Cl/c1-2-3-4-5-11-6-8-12(10-13)9-7-11/h11-12H,2-10H2,1H3/t11-,12-. The monoisotopic (exact) mass is 202 g/mol. The van der Waals surface area contributed by atoms with Crippen LogP contribution in [0.4, 0.5) is 0 Å². The molecule has 0 unspecified atom stereocenters. The van der Waals surface area contributed by atoms with E-state index in [0.717, 1.165) is 17.7 Å². The second kappa shape index (κ2) is 6.70. The minimum atomic E-state index is 0.837. The molecule has 0 radical (unpaired) electrons. The van der Waals surface area contributed by atoms with E-state index in [9.17, 15) is 0 Å². The lowest BCUT2D eigenvalue weighted by Gasteiger charge is -2.27. The number of alkyl halides is 1. The normalized spacial score (nSPS) is 29.1. The van der Waals surface area contributed by atoms with Gasteiger partial charge in [-0.1, -0.05) is 45.4 Å². The van der Waals surface area contributed by atoms with E-state index in [0.29, 0.717) is 0 Å². The van der Waals surface area contributed by atoms with Gasteiger partial charge >= 0.3 is 0 Å². The predicted octanol–water partition coefficient (Wildman–Crippen LogP) is 4.61. The van der Waals surface area contributed by atoms with Crippen LogP contribution in [0.25, 0.3) is 0 Å². The highest BCUT2D eigenvalue weighted by atomic mass is 35.5. The van der Waals surface area contributed by atoms with E-state index in [4.69, 9.17) is 11.6 Å². The van der Waals surface area contributed by atoms with Crippen LogP contribution in [0.15, 0.2) is 0 Å². The maximum Gasteiger partial charge on any atom is 0.0251 e. The summed E-state index contributed by atoms with van der Waals surface area (Å²) in [5, 5.41) is 0. The van der Waals surface area contributed by atoms with Crippen LogP contribution in [-0.2, 0) is 0 Å². The zero-order valence-corrected chi connectivity index (χ0v) is 9.65. The van der Waals surface area contributed by atoms with Gasteiger partial charge in [0.25, 0.3) is 0 Å². The Morgan fingerprint density at radius 3 is 2.15 bits per heavy atom. The van der Waals surface area contributed by atoms with Crippen LogP contribution >= 0.6 is 11.6 Å². The molecule has 0 heterocycles. The van der Waals surface area contributed by atoms with Crippen molar-refractivity contribution in [3.63, 3.8) is 0 Å². The zero-order valence-electron chi connectivity index (χ0n) is 8.90. The highest BCUT2D eigenvalue weighted by molar-refractivity contribution is 6.18. The summed E-state index contributed by atoms with van der Waals surface area (Å²) in [6.07, 6.45) is 11.4. The minimum Gasteiger partial charge on any atom is -0.126 e. The molecule has 1 aliphatic rings. The van der Waals surface area contributed by atoms with Crippen LogP contribution in [0.3, 0.4) is 0 Å². The molecular formula is C12H23Cl. The Morgan fingerprint density at radius 2 is 1.62 bits per heavy atom. The second-order valence-corrected chi connectivity index (χ2v) is 4.85. The van der Waals surface area contributed by atoms with Crippen molar-refractivity contribution in [2.75, 3.05) is 5.88 Å². The van der Waals surface area contributed by atoms with E-state index in [1.54, 1.807) is 0 Å². The van der Waals surface area contributed by atoms with E-state index in [2.05, 4.69) is 6.92 Å². The quantitative estimate of drug-likeness (QED) is 0.451. The summed E-state index contributed by atoms with van der Waals surface area (Å²) >= 11 is 5.85. The van der Waals surface area contributed by atoms with Gasteiger partial charge in [-0.3, -0.25) is 0 Å². The molecule has 0 spiro atoms. The van der Waals surface area contributed by atoms with E-state index in [-0.39, 0.29) is 0 Å². The van der Waals surface area contributed by atoms with Crippen molar-refractivity contribution >= 4 is 11.6 Å². The number of rotatable bonds is 5. The Morgan fingerprint density at radius 1 is 1.00 bits per heavy atom. The second-order valence-electron chi connectivity index (χ2n) is 4.54. The maximum absolute atomic E-state index is 5.85. The topological polar surface area (TPSA) is 0 Å². The zero-order chi connectivity index (χ0) is 9.52. The first-order valence-corrected chi connectivity index (χ1v) is 6.46. The van der Waals surface area contributed by atoms with Gasteiger partial charge in [-0.05, 0) is 24.7 Å². The number of hydrogen-bond acceptors (Lipinski definition) is 0. The van der Waals surface area contributed by atoms with Gasteiger partial charge in [0, 0.05) is 5.88 Å². The smallest absolute Gasteiger partial charge is 0.0251 e. The Hall–Kier alpha value is 0.290. The average Bonchev–Trinajstić information content (AvgIpc) is 2.19. The van der Waals surface area contributed by atoms with Gasteiger partial charge in [0.15, 0.2) is 0 Å². The van der Waals surface area contributed by atoms with Crippen molar-refractivity contribution in [3.8, 4) is 0 Å². The van der Waals surface area contributed by atoms with Crippen LogP contribution in [0.5, 0.6) is 0 Å². The van der Waals surface area contributed by atoms with Crippen LogP contribution in [-0.4, -0.2) is 5.88 Å². The Bertz CT molecular complexity index is 112. The van der Waals surface area contributed by atoms with Gasteiger partial charge in [0.2, 0.25) is 0 Å². The fraction of sp³-hybridized carbons (Fsp3) is 1.00. The van der Waals surface area contributed by atoms with E-state index < -0.39 is 0 Å². The summed E-state index contributed by atoms with van der Waals surface area (Å²) in [4.78, 5) is 0. The SMILES string of the molecule is CCCCC[C@H]1CC[C@H](CCl)CC1. The molecule has 0 aromatic carbocycles. The number of unbranched alkanes of at least 4 members (excludes halogenated alkanes) is 2. The molecule has 0 bridgehead atoms. The largest absolute Gasteiger partial charge is 0.126 e. The highest BCUT2D eigenvalue weighted by Crippen LogP contribution is 2.32. The van der Waals surface area contributed by atoms with Crippen LogP contribution < -0.4 is 0 Å². The maximum atomic E-state index is 5.85. The third-order valence-electron chi connectivity index (χ3n) is 3.40. The molecule has 1 rings (SSSR count). The third-order valence-corrected chi connectivity index (χ3v) is 3.84. The van der Waals surface area contributed by atoms with Crippen molar-refractivity contribution in [2.45, 2.75) is 58.3 Å². The van der Waals surface area contributed by atoms with E-state index >= 15 is 0 Å². The molecule has 1 aliphatic carbocycles. The van der Waals surface area contributed by atoms with Crippen molar-refractivity contribution in [1.29, 1.82) is 0 Å². The number of hydrogen-bond donors (Lipinski definition) is 0. The molecule has 0 aromatic rings. The first-order chi connectivity index (χ1) is 6.36. The molecular weight excluding hydrogens is 180 g/mol. The molecule has 1 saturated carbocycles. The molecule has 0 N–H and O–H groups in total. The lowest BCUT2D eigenvalue weighted by Crippen LogP contribution is -2.15. The first-order valence-electron chi connectivity index (χ1n) is 5.92. The van der Waals surface area contributed by atoms with Gasteiger partial charge < -0.3 is 0 Å². The van der Waals surface area contributed by atoms with Gasteiger partial charge in [-0.15, -0.1) is 11.6 Å². The molecule has 0 atom stereocenters. The Kier molecular flexibility index (Phi) is 5.86. The van der Waals surface area contributed by atoms with Crippen molar-refractivity contribution in [2.24, 2.45) is 11.8 Å². The number of halogens is 1. The lowest BCUT2D eigenvalue weighted by molar-refractivity contribution is 0.274. The molecule has 0 saturated heterocycles. The average molecular weight is 203 g/mol. The van der Waals surface area contributed by atoms with Gasteiger partial charge in [-0.2, -0.15) is 0 Å². The van der Waals surface area contributed by atoms with Gasteiger partial charge in [0.1, 0.15) is 0 Å². The predicted molar refractivity (Wildman–Crippen MR) is 60.3 cm³/mol. The first kappa shape index (κ1) is 11.4. The van der Waals surface area contributed by atoms with Crippen LogP contribution in [0.1, 0.15) is 58.3 Å². The summed E-state index contributed by atoms with van der Waals surface area (Å²) in [5.41, 5.74) is 0. The van der Waals surface area contributed by atoms with Crippen molar-refractivity contribution in [3.05, 3.63) is 0 Å². The Labute approximate surface area is 88.1 Å². The molecule has 0 nitrogen and oxygen atoms in total. The summed E-state index contributed by atoms with van der Waals surface area (Å²) < 4.78 is 0. The summed E-state index contributed by atoms with van der Waals surface area (Å²) in [5.74, 6) is 2.76. The van der Waals surface area contributed by atoms with Gasteiger partial charge in [-0.25, -0.2) is 0 Å². The summed E-state index contributed by atoms with van der Waals surface area (Å²) in [6.45, 7) is 2.28. The summed E-state index contributed by atoms with van der Waals surface area (Å²) in [7, 11) is 0. The molecule has 13 heavy (non-hydrogen) atoms. The fourth-order valence-electron chi connectivity index (χ4n) is 2.36. The molecule has 0 amide bonds. The Balaban J connectivity index is 2.03. The van der Waals surface area contributed by atoms with Gasteiger partial charge in [0.05, 0.1) is 0 Å². The highest BCUT2D eigenvalue weighted by Gasteiger charge is 2.19. The fourth-order valence-corrected chi connectivity index (χ4v) is 2.67. The molecule has 0 aromatic heterocycles. The minimum absolute atomic E-state index is 0.837. The summed E-state index contributed by atoms with van der Waals surface area (Å²) in [6, 6.07) is 0. The third kappa shape index (κ3) is 4.35. The lowest BCUT2D eigenvalue weighted by atomic mass is 9.80. The van der Waals surface area contributed by atoms with Crippen molar-refractivity contribution < 1.29 is 0 Å². The van der Waals surface area contributed by atoms with Crippen molar-refractivity contribution in [1.82, 2.24) is 0 Å². The van der Waals surface area contributed by atoms with E-state index in [1.165, 1.54) is 51.4 Å². The molecule has 0 aliphatic heterocycles. The van der Waals surface area contributed by atoms with Crippen LogP contribution in [0.2, 0.25) is 0 Å². The molecule has 1 fully saturated rings. The van der Waals surface area contributed by atoms with Crippen LogP contribution in [0, 0.1) is 11.8 Å².